The van der Waals surface area contributed by atoms with Crippen LogP contribution in [0.2, 0.25) is 0 Å². The van der Waals surface area contributed by atoms with Crippen LogP contribution < -0.4 is 4.72 Å². The summed E-state index contributed by atoms with van der Waals surface area (Å²) in [6.45, 7) is 1.06. The van der Waals surface area contributed by atoms with Gasteiger partial charge in [0.15, 0.2) is 0 Å². The maximum atomic E-state index is 11.9. The highest BCUT2D eigenvalue weighted by Gasteiger charge is 2.14. The van der Waals surface area contributed by atoms with Crippen molar-refractivity contribution in [2.45, 2.75) is 13.0 Å². The number of halogens is 1. The second kappa shape index (κ2) is 7.87. The number of aromatic nitrogens is 2. The maximum absolute atomic E-state index is 11.9. The van der Waals surface area contributed by atoms with Gasteiger partial charge in [-0.2, -0.15) is 12.7 Å². The van der Waals surface area contributed by atoms with Crippen molar-refractivity contribution in [1.29, 1.82) is 0 Å². The summed E-state index contributed by atoms with van der Waals surface area (Å²) in [6.07, 6.45) is 6.32. The molecule has 0 radical (unpaired) electrons. The summed E-state index contributed by atoms with van der Waals surface area (Å²) >= 11 is 3.53. The molecule has 138 valence electrons. The predicted molar refractivity (Wildman–Crippen MR) is 107 cm³/mol. The standard InChI is InChI=1S/C18H21BrN4O2S/c1-22(2)26(24,25)21-9-7-15-13-23(12-14-4-3-8-20-11-14)18-10-16(19)5-6-17(15)18/h3-6,8,10-11,13,21H,7,9,12H2,1-2H3. The van der Waals surface area contributed by atoms with Crippen LogP contribution in [0.3, 0.4) is 0 Å². The minimum atomic E-state index is -3.41. The van der Waals surface area contributed by atoms with E-state index in [0.29, 0.717) is 19.5 Å². The van der Waals surface area contributed by atoms with Crippen molar-refractivity contribution in [2.75, 3.05) is 20.6 Å². The van der Waals surface area contributed by atoms with Crippen LogP contribution in [0.25, 0.3) is 10.9 Å². The molecule has 0 fully saturated rings. The van der Waals surface area contributed by atoms with Crippen molar-refractivity contribution in [3.05, 3.63) is 64.5 Å². The van der Waals surface area contributed by atoms with E-state index < -0.39 is 10.2 Å². The molecule has 3 rings (SSSR count). The molecule has 0 amide bonds. The lowest BCUT2D eigenvalue weighted by molar-refractivity contribution is 0.506. The van der Waals surface area contributed by atoms with E-state index in [0.717, 1.165) is 26.5 Å². The van der Waals surface area contributed by atoms with E-state index in [2.05, 4.69) is 48.5 Å². The zero-order chi connectivity index (χ0) is 18.7. The van der Waals surface area contributed by atoms with Crippen LogP contribution in [-0.4, -0.2) is 42.9 Å². The molecule has 0 atom stereocenters. The summed E-state index contributed by atoms with van der Waals surface area (Å²) < 4.78 is 30.7. The second-order valence-corrected chi connectivity index (χ2v) is 9.12. The fourth-order valence-electron chi connectivity index (χ4n) is 2.80. The minimum absolute atomic E-state index is 0.350. The van der Waals surface area contributed by atoms with E-state index in [4.69, 9.17) is 0 Å². The number of rotatable bonds is 7. The third-order valence-corrected chi connectivity index (χ3v) is 6.19. The van der Waals surface area contributed by atoms with Crippen LogP contribution in [-0.2, 0) is 23.2 Å². The van der Waals surface area contributed by atoms with E-state index in [1.807, 2.05) is 24.4 Å². The van der Waals surface area contributed by atoms with Crippen LogP contribution in [0, 0.1) is 0 Å². The normalized spacial score (nSPS) is 12.2. The molecule has 0 bridgehead atoms. The molecular formula is C18H21BrN4O2S. The largest absolute Gasteiger partial charge is 0.343 e. The fourth-order valence-corrected chi connectivity index (χ4v) is 3.77. The number of benzene rings is 1. The molecule has 3 aromatic rings. The highest BCUT2D eigenvalue weighted by Crippen LogP contribution is 2.26. The van der Waals surface area contributed by atoms with Crippen LogP contribution in [0.4, 0.5) is 0 Å². The molecule has 2 heterocycles. The first-order valence-electron chi connectivity index (χ1n) is 8.20. The van der Waals surface area contributed by atoms with Gasteiger partial charge in [-0.3, -0.25) is 4.98 Å². The summed E-state index contributed by atoms with van der Waals surface area (Å²) in [7, 11) is -0.382. The molecule has 0 aliphatic heterocycles. The Morgan fingerprint density at radius 1 is 1.27 bits per heavy atom. The lowest BCUT2D eigenvalue weighted by Crippen LogP contribution is -2.36. The molecule has 26 heavy (non-hydrogen) atoms. The monoisotopic (exact) mass is 436 g/mol. The minimum Gasteiger partial charge on any atom is -0.343 e. The Morgan fingerprint density at radius 3 is 2.77 bits per heavy atom. The molecule has 1 N–H and O–H groups in total. The van der Waals surface area contributed by atoms with Gasteiger partial charge in [0.2, 0.25) is 0 Å². The summed E-state index contributed by atoms with van der Waals surface area (Å²) in [6, 6.07) is 10.1. The number of nitrogens with zero attached hydrogens (tertiary/aromatic N) is 3. The molecule has 0 aliphatic carbocycles. The first-order chi connectivity index (χ1) is 12.4. The summed E-state index contributed by atoms with van der Waals surface area (Å²) in [5.74, 6) is 0. The number of hydrogen-bond donors (Lipinski definition) is 1. The summed E-state index contributed by atoms with van der Waals surface area (Å²) in [5.41, 5.74) is 3.33. The van der Waals surface area contributed by atoms with E-state index in [9.17, 15) is 8.42 Å². The molecule has 0 saturated heterocycles. The third-order valence-electron chi connectivity index (χ3n) is 4.16. The van der Waals surface area contributed by atoms with Crippen LogP contribution in [0.15, 0.2) is 53.4 Å². The Kier molecular flexibility index (Phi) is 5.76. The summed E-state index contributed by atoms with van der Waals surface area (Å²) in [4.78, 5) is 4.17. The van der Waals surface area contributed by atoms with Crippen LogP contribution >= 0.6 is 15.9 Å². The maximum Gasteiger partial charge on any atom is 0.278 e. The molecule has 0 spiro atoms. The van der Waals surface area contributed by atoms with Crippen molar-refractivity contribution in [1.82, 2.24) is 18.6 Å². The van der Waals surface area contributed by atoms with Crippen molar-refractivity contribution < 1.29 is 8.42 Å². The van der Waals surface area contributed by atoms with Crippen LogP contribution in [0.1, 0.15) is 11.1 Å². The first-order valence-corrected chi connectivity index (χ1v) is 10.4. The van der Waals surface area contributed by atoms with Crippen molar-refractivity contribution in [3.8, 4) is 0 Å². The third kappa shape index (κ3) is 4.32. The van der Waals surface area contributed by atoms with E-state index in [1.165, 1.54) is 18.4 Å². The molecule has 0 saturated carbocycles. The highest BCUT2D eigenvalue weighted by atomic mass is 79.9. The van der Waals surface area contributed by atoms with Gasteiger partial charge >= 0.3 is 0 Å². The average Bonchev–Trinajstić information content (AvgIpc) is 2.92. The zero-order valence-electron chi connectivity index (χ0n) is 14.7. The lowest BCUT2D eigenvalue weighted by atomic mass is 10.1. The Bertz CT molecular complexity index is 1000. The molecule has 8 heteroatoms. The Morgan fingerprint density at radius 2 is 2.08 bits per heavy atom. The number of hydrogen-bond acceptors (Lipinski definition) is 3. The quantitative estimate of drug-likeness (QED) is 0.618. The second-order valence-electron chi connectivity index (χ2n) is 6.24. The summed E-state index contributed by atoms with van der Waals surface area (Å²) in [5, 5.41) is 1.13. The van der Waals surface area contributed by atoms with Gasteiger partial charge < -0.3 is 4.57 Å². The average molecular weight is 437 g/mol. The van der Waals surface area contributed by atoms with Crippen LogP contribution in [0.5, 0.6) is 0 Å². The first kappa shape index (κ1) is 19.0. The Labute approximate surface area is 162 Å². The SMILES string of the molecule is CN(C)S(=O)(=O)NCCc1cn(Cc2cccnc2)c2cc(Br)ccc12. The molecular weight excluding hydrogens is 416 g/mol. The molecule has 2 aromatic heterocycles. The molecule has 6 nitrogen and oxygen atoms in total. The predicted octanol–water partition coefficient (Wildman–Crippen LogP) is 2.79. The van der Waals surface area contributed by atoms with Gasteiger partial charge in [-0.25, -0.2) is 4.72 Å². The number of fused-ring (bicyclic) bond motifs is 1. The zero-order valence-corrected chi connectivity index (χ0v) is 17.1. The van der Waals surface area contributed by atoms with Gasteiger partial charge in [0, 0.05) is 61.2 Å². The van der Waals surface area contributed by atoms with E-state index >= 15 is 0 Å². The highest BCUT2D eigenvalue weighted by molar-refractivity contribution is 9.10. The van der Waals surface area contributed by atoms with Crippen molar-refractivity contribution in [2.24, 2.45) is 0 Å². The fraction of sp³-hybridized carbons (Fsp3) is 0.278. The molecule has 0 unspecified atom stereocenters. The number of pyridine rings is 1. The van der Waals surface area contributed by atoms with E-state index in [-0.39, 0.29) is 0 Å². The van der Waals surface area contributed by atoms with Gasteiger partial charge in [0.25, 0.3) is 10.2 Å². The topological polar surface area (TPSA) is 67.2 Å². The van der Waals surface area contributed by atoms with Gasteiger partial charge in [-0.1, -0.05) is 28.1 Å². The van der Waals surface area contributed by atoms with Gasteiger partial charge in [0.1, 0.15) is 0 Å². The Hall–Kier alpha value is -1.74. The smallest absolute Gasteiger partial charge is 0.278 e. The molecule has 0 aliphatic rings. The van der Waals surface area contributed by atoms with Gasteiger partial charge in [-0.15, -0.1) is 0 Å². The molecule has 1 aromatic carbocycles. The van der Waals surface area contributed by atoms with Gasteiger partial charge in [-0.05, 0) is 35.7 Å². The lowest BCUT2D eigenvalue weighted by Gasteiger charge is -2.11. The van der Waals surface area contributed by atoms with Gasteiger partial charge in [0.05, 0.1) is 0 Å². The van der Waals surface area contributed by atoms with E-state index in [1.54, 1.807) is 6.20 Å². The van der Waals surface area contributed by atoms with Crippen molar-refractivity contribution in [3.63, 3.8) is 0 Å². The Balaban J connectivity index is 1.86. The van der Waals surface area contributed by atoms with Crippen molar-refractivity contribution >= 4 is 37.0 Å². The number of nitrogens with one attached hydrogen (secondary N) is 1.